The van der Waals surface area contributed by atoms with Gasteiger partial charge in [0.1, 0.15) is 17.6 Å². The molecule has 0 radical (unpaired) electrons. The number of nitrogens with zero attached hydrogens (tertiary/aromatic N) is 1. The summed E-state index contributed by atoms with van der Waals surface area (Å²) in [5, 5.41) is 2.54. The van der Waals surface area contributed by atoms with E-state index in [0.717, 1.165) is 6.26 Å². The Morgan fingerprint density at radius 2 is 1.94 bits per heavy atom. The maximum atomic E-state index is 13.1. The second kappa shape index (κ2) is 10.3. The molecule has 1 atom stereocenters. The van der Waals surface area contributed by atoms with Crippen LogP contribution in [-0.2, 0) is 4.74 Å². The number of carbonyl (C=O) groups excluding carboxylic acids is 2. The number of aromatic nitrogens is 1. The van der Waals surface area contributed by atoms with Gasteiger partial charge in [0.05, 0.1) is 12.6 Å². The Morgan fingerprint density at radius 1 is 1.25 bits per heavy atom. The number of carbonyl (C=O) groups is 2. The molecule has 2 aromatic rings. The number of halogens is 2. The smallest absolute Gasteiger partial charge is 0.408 e. The van der Waals surface area contributed by atoms with Crippen LogP contribution in [-0.4, -0.2) is 35.9 Å². The molecule has 0 aliphatic rings. The Morgan fingerprint density at radius 3 is 2.47 bits per heavy atom. The number of benzene rings is 1. The fourth-order valence-electron chi connectivity index (χ4n) is 2.63. The van der Waals surface area contributed by atoms with Crippen molar-refractivity contribution in [2.24, 2.45) is 0 Å². The predicted molar refractivity (Wildman–Crippen MR) is 108 cm³/mol. The van der Waals surface area contributed by atoms with Gasteiger partial charge in [-0.2, -0.15) is 8.78 Å². The third kappa shape index (κ3) is 7.10. The minimum atomic E-state index is -3.16. The summed E-state index contributed by atoms with van der Waals surface area (Å²) in [6, 6.07) is 1.65. The van der Waals surface area contributed by atoms with E-state index < -0.39 is 30.3 Å². The summed E-state index contributed by atoms with van der Waals surface area (Å²) in [7, 11) is 0. The van der Waals surface area contributed by atoms with Crippen LogP contribution in [0.5, 0.6) is 17.2 Å². The molecule has 1 N–H and O–H groups in total. The first-order valence-electron chi connectivity index (χ1n) is 9.79. The van der Waals surface area contributed by atoms with E-state index in [1.807, 2.05) is 0 Å². The molecule has 0 spiro atoms. The molecule has 0 bridgehead atoms. The molecule has 2 rings (SSSR count). The Kier molecular flexibility index (Phi) is 8.01. The van der Waals surface area contributed by atoms with E-state index >= 15 is 0 Å². The van der Waals surface area contributed by atoms with Crippen LogP contribution in [0.4, 0.5) is 13.6 Å². The summed E-state index contributed by atoms with van der Waals surface area (Å²) in [4.78, 5) is 28.4. The van der Waals surface area contributed by atoms with Gasteiger partial charge >= 0.3 is 18.7 Å². The predicted octanol–water partition coefficient (Wildman–Crippen LogP) is 4.79. The van der Waals surface area contributed by atoms with Crippen LogP contribution in [0.3, 0.4) is 0 Å². The van der Waals surface area contributed by atoms with E-state index in [0.29, 0.717) is 0 Å². The van der Waals surface area contributed by atoms with Crippen LogP contribution in [0, 0.1) is 6.92 Å². The highest BCUT2D eigenvalue weighted by Gasteiger charge is 2.26. The zero-order valence-electron chi connectivity index (χ0n) is 18.7. The van der Waals surface area contributed by atoms with Gasteiger partial charge in [-0.25, -0.2) is 14.6 Å². The lowest BCUT2D eigenvalue weighted by Gasteiger charge is -2.24. The highest BCUT2D eigenvalue weighted by molar-refractivity contribution is 5.88. The molecular formula is C21H26F2N2O7. The maximum Gasteiger partial charge on any atom is 0.408 e. The van der Waals surface area contributed by atoms with Crippen molar-refractivity contribution in [1.29, 1.82) is 0 Å². The average molecular weight is 456 g/mol. The minimum Gasteiger partial charge on any atom is -0.490 e. The van der Waals surface area contributed by atoms with Crippen LogP contribution in [0.2, 0.25) is 0 Å². The van der Waals surface area contributed by atoms with E-state index in [4.69, 9.17) is 18.6 Å². The summed E-state index contributed by atoms with van der Waals surface area (Å²) in [6.45, 7) is 6.73. The summed E-state index contributed by atoms with van der Waals surface area (Å²) in [5.74, 6) is -0.993. The summed E-state index contributed by atoms with van der Waals surface area (Å²) >= 11 is 0. The third-order valence-electron chi connectivity index (χ3n) is 3.80. The number of amides is 1. The van der Waals surface area contributed by atoms with E-state index in [1.165, 1.54) is 19.1 Å². The van der Waals surface area contributed by atoms with Gasteiger partial charge in [-0.05, 0) is 40.7 Å². The van der Waals surface area contributed by atoms with Gasteiger partial charge in [-0.3, -0.25) is 0 Å². The van der Waals surface area contributed by atoms with Crippen molar-refractivity contribution in [1.82, 2.24) is 10.3 Å². The van der Waals surface area contributed by atoms with Crippen molar-refractivity contribution in [2.45, 2.75) is 59.8 Å². The zero-order chi connectivity index (χ0) is 24.1. The monoisotopic (exact) mass is 456 g/mol. The Hall–Kier alpha value is -3.37. The molecule has 0 saturated heterocycles. The molecular weight excluding hydrogens is 430 g/mol. The van der Waals surface area contributed by atoms with Crippen LogP contribution < -0.4 is 19.5 Å². The molecule has 1 amide bonds. The molecule has 9 nitrogen and oxygen atoms in total. The zero-order valence-corrected chi connectivity index (χ0v) is 18.7. The lowest BCUT2D eigenvalue weighted by atomic mass is 10.1. The number of hydrogen-bond acceptors (Lipinski definition) is 8. The normalized spacial score (nSPS) is 12.3. The Bertz CT molecular complexity index is 954. The van der Waals surface area contributed by atoms with Gasteiger partial charge < -0.3 is 28.7 Å². The first-order valence-corrected chi connectivity index (χ1v) is 9.79. The van der Waals surface area contributed by atoms with Crippen molar-refractivity contribution >= 4 is 12.1 Å². The van der Waals surface area contributed by atoms with Crippen LogP contribution in [0.15, 0.2) is 22.8 Å². The number of oxazole rings is 1. The first kappa shape index (κ1) is 24.9. The molecule has 0 aliphatic heterocycles. The molecule has 1 aromatic carbocycles. The second-order valence-corrected chi connectivity index (χ2v) is 7.66. The van der Waals surface area contributed by atoms with E-state index in [1.54, 1.807) is 34.6 Å². The second-order valence-electron chi connectivity index (χ2n) is 7.66. The first-order chi connectivity index (χ1) is 14.9. The fraction of sp³-hybridized carbons (Fsp3) is 0.476. The van der Waals surface area contributed by atoms with Crippen LogP contribution >= 0.6 is 0 Å². The van der Waals surface area contributed by atoms with Gasteiger partial charge in [0.2, 0.25) is 0 Å². The number of rotatable bonds is 8. The number of ether oxygens (including phenoxy) is 4. The van der Waals surface area contributed by atoms with Crippen molar-refractivity contribution in [2.75, 3.05) is 6.61 Å². The number of alkyl carbamates (subject to hydrolysis) is 1. The van der Waals surface area contributed by atoms with Crippen LogP contribution in [0.1, 0.15) is 62.6 Å². The molecule has 0 saturated carbocycles. The topological polar surface area (TPSA) is 109 Å². The summed E-state index contributed by atoms with van der Waals surface area (Å²) in [6.07, 6.45) is 0.356. The van der Waals surface area contributed by atoms with Crippen LogP contribution in [0.25, 0.3) is 0 Å². The SMILES string of the molecule is CCOc1cc(OC(=O)c2coc(C)n2)cc([C@H](C)NC(=O)OC(C)(C)C)c1OC(F)F. The fourth-order valence-corrected chi connectivity index (χ4v) is 2.63. The van der Waals surface area contributed by atoms with Gasteiger partial charge in [0.15, 0.2) is 23.1 Å². The Labute approximate surface area is 184 Å². The van der Waals surface area contributed by atoms with Crippen molar-refractivity contribution in [3.63, 3.8) is 0 Å². The molecule has 176 valence electrons. The molecule has 11 heteroatoms. The summed E-state index contributed by atoms with van der Waals surface area (Å²) < 4.78 is 51.8. The number of alkyl halides is 2. The number of esters is 1. The van der Waals surface area contributed by atoms with Gasteiger partial charge in [0.25, 0.3) is 0 Å². The molecule has 32 heavy (non-hydrogen) atoms. The number of hydrogen-bond donors (Lipinski definition) is 1. The summed E-state index contributed by atoms with van der Waals surface area (Å²) in [5.41, 5.74) is -0.758. The van der Waals surface area contributed by atoms with Crippen molar-refractivity contribution in [3.05, 3.63) is 35.5 Å². The molecule has 0 unspecified atom stereocenters. The van der Waals surface area contributed by atoms with Crippen molar-refractivity contribution in [3.8, 4) is 17.2 Å². The largest absolute Gasteiger partial charge is 0.490 e. The molecule has 0 aliphatic carbocycles. The van der Waals surface area contributed by atoms with E-state index in [2.05, 4.69) is 15.0 Å². The number of nitrogens with one attached hydrogen (secondary N) is 1. The quantitative estimate of drug-likeness (QED) is 0.446. The number of aryl methyl sites for hydroxylation is 1. The Balaban J connectivity index is 2.42. The third-order valence-corrected chi connectivity index (χ3v) is 3.80. The standard InChI is InChI=1S/C21H26F2N2O7/c1-7-28-16-9-13(30-18(26)15-10-29-12(3)25-15)8-14(17(16)31-19(22)23)11(2)24-20(27)32-21(4,5)6/h8-11,19H,7H2,1-6H3,(H,24,27)/t11-/m0/s1. The molecule has 1 aromatic heterocycles. The van der Waals surface area contributed by atoms with Gasteiger partial charge in [0, 0.05) is 18.6 Å². The van der Waals surface area contributed by atoms with Crippen molar-refractivity contribution < 1.29 is 41.7 Å². The molecule has 0 fully saturated rings. The highest BCUT2D eigenvalue weighted by atomic mass is 19.3. The van der Waals surface area contributed by atoms with Gasteiger partial charge in [-0.1, -0.05) is 0 Å². The lowest BCUT2D eigenvalue weighted by molar-refractivity contribution is -0.0523. The minimum absolute atomic E-state index is 0.0337. The molecule has 1 heterocycles. The van der Waals surface area contributed by atoms with E-state index in [-0.39, 0.29) is 41.0 Å². The average Bonchev–Trinajstić information content (AvgIpc) is 3.08. The highest BCUT2D eigenvalue weighted by Crippen LogP contribution is 2.40. The maximum absolute atomic E-state index is 13.1. The van der Waals surface area contributed by atoms with E-state index in [9.17, 15) is 18.4 Å². The van der Waals surface area contributed by atoms with Gasteiger partial charge in [-0.15, -0.1) is 0 Å². The lowest BCUT2D eigenvalue weighted by Crippen LogP contribution is -2.34.